The molecule has 0 N–H and O–H groups in total. The Hall–Kier alpha value is -1.64. The van der Waals surface area contributed by atoms with Crippen LogP contribution in [0, 0.1) is 0 Å². The molecule has 0 saturated heterocycles. The molecular formula is C12H14O3. The zero-order valence-corrected chi connectivity index (χ0v) is 8.95. The highest BCUT2D eigenvalue weighted by molar-refractivity contribution is 5.90. The maximum atomic E-state index is 11.4. The van der Waals surface area contributed by atoms with E-state index in [9.17, 15) is 9.59 Å². The lowest BCUT2D eigenvalue weighted by Crippen LogP contribution is -2.05. The van der Waals surface area contributed by atoms with Gasteiger partial charge in [-0.25, -0.2) is 4.79 Å². The van der Waals surface area contributed by atoms with E-state index in [1.165, 1.54) is 6.92 Å². The summed E-state index contributed by atoms with van der Waals surface area (Å²) in [5, 5.41) is 0. The molecule has 15 heavy (non-hydrogen) atoms. The van der Waals surface area contributed by atoms with Crippen LogP contribution in [0.5, 0.6) is 0 Å². The zero-order chi connectivity index (χ0) is 11.3. The molecule has 0 aromatic heterocycles. The molecule has 0 amide bonds. The quantitative estimate of drug-likeness (QED) is 0.707. The van der Waals surface area contributed by atoms with Crippen molar-refractivity contribution in [2.45, 2.75) is 20.3 Å². The van der Waals surface area contributed by atoms with E-state index >= 15 is 0 Å². The molecule has 0 spiro atoms. The van der Waals surface area contributed by atoms with Gasteiger partial charge in [-0.1, -0.05) is 12.1 Å². The Morgan fingerprint density at radius 1 is 1.33 bits per heavy atom. The van der Waals surface area contributed by atoms with E-state index in [2.05, 4.69) is 0 Å². The lowest BCUT2D eigenvalue weighted by molar-refractivity contribution is -0.116. The fourth-order valence-electron chi connectivity index (χ4n) is 1.31. The standard InChI is InChI=1S/C12H14O3/c1-3-15-12(14)11-6-4-5-10(8-11)7-9(2)13/h4-6,8H,3,7H2,1-2H3. The summed E-state index contributed by atoms with van der Waals surface area (Å²) in [4.78, 5) is 22.3. The lowest BCUT2D eigenvalue weighted by Gasteiger charge is -2.03. The highest BCUT2D eigenvalue weighted by Gasteiger charge is 2.07. The molecule has 1 rings (SSSR count). The van der Waals surface area contributed by atoms with Crippen molar-refractivity contribution in [3.63, 3.8) is 0 Å². The summed E-state index contributed by atoms with van der Waals surface area (Å²) in [7, 11) is 0. The van der Waals surface area contributed by atoms with E-state index in [4.69, 9.17) is 4.74 Å². The molecule has 0 radical (unpaired) electrons. The van der Waals surface area contributed by atoms with Crippen LogP contribution in [0.4, 0.5) is 0 Å². The molecule has 1 aromatic carbocycles. The lowest BCUT2D eigenvalue weighted by atomic mass is 10.1. The topological polar surface area (TPSA) is 43.4 Å². The number of ketones is 1. The number of hydrogen-bond donors (Lipinski definition) is 0. The van der Waals surface area contributed by atoms with Gasteiger partial charge < -0.3 is 4.74 Å². The summed E-state index contributed by atoms with van der Waals surface area (Å²) in [5.74, 6) is -0.265. The van der Waals surface area contributed by atoms with E-state index in [1.54, 1.807) is 25.1 Å². The maximum absolute atomic E-state index is 11.4. The Morgan fingerprint density at radius 3 is 2.67 bits per heavy atom. The second-order valence-electron chi connectivity index (χ2n) is 3.30. The summed E-state index contributed by atoms with van der Waals surface area (Å²) in [5.41, 5.74) is 1.34. The van der Waals surface area contributed by atoms with Crippen LogP contribution >= 0.6 is 0 Å². The summed E-state index contributed by atoms with van der Waals surface area (Å²) in [6, 6.07) is 6.95. The van der Waals surface area contributed by atoms with Crippen molar-refractivity contribution in [1.82, 2.24) is 0 Å². The molecule has 3 nitrogen and oxygen atoms in total. The Morgan fingerprint density at radius 2 is 2.07 bits per heavy atom. The average molecular weight is 206 g/mol. The monoisotopic (exact) mass is 206 g/mol. The number of carbonyl (C=O) groups excluding carboxylic acids is 2. The molecule has 0 bridgehead atoms. The van der Waals surface area contributed by atoms with E-state index in [-0.39, 0.29) is 11.8 Å². The second kappa shape index (κ2) is 5.29. The number of carbonyl (C=O) groups is 2. The SMILES string of the molecule is CCOC(=O)c1cccc(CC(C)=O)c1. The van der Waals surface area contributed by atoms with Gasteiger partial charge in [-0.3, -0.25) is 4.79 Å². The third kappa shape index (κ3) is 3.54. The first-order valence-electron chi connectivity index (χ1n) is 4.89. The molecule has 80 valence electrons. The van der Waals surface area contributed by atoms with Crippen molar-refractivity contribution in [2.24, 2.45) is 0 Å². The fourth-order valence-corrected chi connectivity index (χ4v) is 1.31. The first kappa shape index (κ1) is 11.4. The van der Waals surface area contributed by atoms with Crippen molar-refractivity contribution in [3.05, 3.63) is 35.4 Å². The first-order chi connectivity index (χ1) is 7.13. The minimum atomic E-state index is -0.345. The second-order valence-corrected chi connectivity index (χ2v) is 3.30. The van der Waals surface area contributed by atoms with Crippen LogP contribution in [0.25, 0.3) is 0 Å². The van der Waals surface area contributed by atoms with Crippen molar-refractivity contribution >= 4 is 11.8 Å². The van der Waals surface area contributed by atoms with Crippen LogP contribution in [0.2, 0.25) is 0 Å². The van der Waals surface area contributed by atoms with Gasteiger partial charge in [-0.2, -0.15) is 0 Å². The van der Waals surface area contributed by atoms with Gasteiger partial charge in [0.2, 0.25) is 0 Å². The summed E-state index contributed by atoms with van der Waals surface area (Å²) in [6.45, 7) is 3.64. The van der Waals surface area contributed by atoms with Gasteiger partial charge in [0.25, 0.3) is 0 Å². The highest BCUT2D eigenvalue weighted by atomic mass is 16.5. The van der Waals surface area contributed by atoms with Crippen molar-refractivity contribution < 1.29 is 14.3 Å². The normalized spacial score (nSPS) is 9.73. The Labute approximate surface area is 89.1 Å². The highest BCUT2D eigenvalue weighted by Crippen LogP contribution is 2.07. The van der Waals surface area contributed by atoms with Gasteiger partial charge in [-0.05, 0) is 31.5 Å². The van der Waals surface area contributed by atoms with Gasteiger partial charge in [0.1, 0.15) is 5.78 Å². The predicted octanol–water partition coefficient (Wildman–Crippen LogP) is 1.99. The number of Topliss-reactive ketones (excluding diaryl/α,β-unsaturated/α-hetero) is 1. The Kier molecular flexibility index (Phi) is 4.03. The molecule has 0 atom stereocenters. The largest absolute Gasteiger partial charge is 0.462 e. The van der Waals surface area contributed by atoms with Crippen LogP contribution in [0.3, 0.4) is 0 Å². The minimum absolute atomic E-state index is 0.0796. The van der Waals surface area contributed by atoms with Crippen molar-refractivity contribution in [1.29, 1.82) is 0 Å². The number of rotatable bonds is 4. The minimum Gasteiger partial charge on any atom is -0.462 e. The van der Waals surface area contributed by atoms with Gasteiger partial charge in [-0.15, -0.1) is 0 Å². The third-order valence-electron chi connectivity index (χ3n) is 1.89. The summed E-state index contributed by atoms with van der Waals surface area (Å²) >= 11 is 0. The predicted molar refractivity (Wildman–Crippen MR) is 56.8 cm³/mol. The van der Waals surface area contributed by atoms with Crippen molar-refractivity contribution in [2.75, 3.05) is 6.61 Å². The summed E-state index contributed by atoms with van der Waals surface area (Å²) in [6.07, 6.45) is 0.354. The molecule has 0 aliphatic rings. The molecular weight excluding hydrogens is 192 g/mol. The number of esters is 1. The van der Waals surface area contributed by atoms with Gasteiger partial charge >= 0.3 is 5.97 Å². The maximum Gasteiger partial charge on any atom is 0.338 e. The van der Waals surface area contributed by atoms with Gasteiger partial charge in [0, 0.05) is 6.42 Å². The number of benzene rings is 1. The smallest absolute Gasteiger partial charge is 0.338 e. The molecule has 1 aromatic rings. The van der Waals surface area contributed by atoms with Gasteiger partial charge in [0.15, 0.2) is 0 Å². The van der Waals surface area contributed by atoms with Crippen LogP contribution in [0.1, 0.15) is 29.8 Å². The Bertz CT molecular complexity index is 369. The van der Waals surface area contributed by atoms with E-state index in [0.717, 1.165) is 5.56 Å². The molecule has 0 fully saturated rings. The van der Waals surface area contributed by atoms with Crippen LogP contribution in [-0.4, -0.2) is 18.4 Å². The molecule has 3 heteroatoms. The van der Waals surface area contributed by atoms with Crippen LogP contribution in [-0.2, 0) is 16.0 Å². The van der Waals surface area contributed by atoms with E-state index in [1.807, 2.05) is 6.07 Å². The molecule has 0 aliphatic heterocycles. The first-order valence-corrected chi connectivity index (χ1v) is 4.89. The molecule has 0 aliphatic carbocycles. The van der Waals surface area contributed by atoms with E-state index < -0.39 is 0 Å². The zero-order valence-electron chi connectivity index (χ0n) is 8.95. The van der Waals surface area contributed by atoms with E-state index in [0.29, 0.717) is 18.6 Å². The van der Waals surface area contributed by atoms with Gasteiger partial charge in [0.05, 0.1) is 12.2 Å². The molecule has 0 saturated carbocycles. The van der Waals surface area contributed by atoms with Crippen LogP contribution < -0.4 is 0 Å². The van der Waals surface area contributed by atoms with Crippen molar-refractivity contribution in [3.8, 4) is 0 Å². The number of hydrogen-bond acceptors (Lipinski definition) is 3. The van der Waals surface area contributed by atoms with Crippen LogP contribution in [0.15, 0.2) is 24.3 Å². The summed E-state index contributed by atoms with van der Waals surface area (Å²) < 4.78 is 4.86. The molecule has 0 unspecified atom stereocenters. The number of ether oxygens (including phenoxy) is 1. The fraction of sp³-hybridized carbons (Fsp3) is 0.333. The Balaban J connectivity index is 2.82. The molecule has 0 heterocycles. The average Bonchev–Trinajstić information content (AvgIpc) is 2.17. The third-order valence-corrected chi connectivity index (χ3v) is 1.89.